The molecule has 1 N–H and O–H groups in total. The van der Waals surface area contributed by atoms with Gasteiger partial charge in [0, 0.05) is 0 Å². The van der Waals surface area contributed by atoms with Gasteiger partial charge >= 0.3 is 0 Å². The van der Waals surface area contributed by atoms with Crippen LogP contribution in [0.2, 0.25) is 0 Å². The Hall–Kier alpha value is -1.57. The Kier molecular flexibility index (Phi) is 2.58. The van der Waals surface area contributed by atoms with Crippen molar-refractivity contribution in [3.05, 3.63) is 36.7 Å². The average molecular weight is 200 g/mol. The minimum absolute atomic E-state index is 0.616. The zero-order valence-corrected chi connectivity index (χ0v) is 9.25. The highest BCUT2D eigenvalue weighted by Gasteiger charge is 2.06. The predicted octanol–water partition coefficient (Wildman–Crippen LogP) is 3.62. The van der Waals surface area contributed by atoms with Crippen LogP contribution in [0.15, 0.2) is 30.8 Å². The summed E-state index contributed by atoms with van der Waals surface area (Å²) in [4.78, 5) is 7.80. The summed E-state index contributed by atoms with van der Waals surface area (Å²) in [5.41, 5.74) is 3.18. The molecule has 0 saturated heterocycles. The number of rotatable bonds is 3. The van der Waals surface area contributed by atoms with Crippen molar-refractivity contribution in [1.82, 2.24) is 9.97 Å². The summed E-state index contributed by atoms with van der Waals surface area (Å²) >= 11 is 0. The van der Waals surface area contributed by atoms with E-state index in [0.717, 1.165) is 28.9 Å². The standard InChI is InChI=1S/C13H16N2/c1-9(2)8-10(3)13-14-11-6-4-5-7-12(11)15-13/h4-7,9H,3,8H2,1-2H3,(H,14,15). The molecule has 1 heterocycles. The molecule has 2 nitrogen and oxygen atoms in total. The molecule has 1 aromatic heterocycles. The van der Waals surface area contributed by atoms with Crippen LogP contribution >= 0.6 is 0 Å². The van der Waals surface area contributed by atoms with Gasteiger partial charge in [0.15, 0.2) is 0 Å². The van der Waals surface area contributed by atoms with Crippen LogP contribution in [-0.4, -0.2) is 9.97 Å². The van der Waals surface area contributed by atoms with Crippen LogP contribution in [0.5, 0.6) is 0 Å². The van der Waals surface area contributed by atoms with Crippen LogP contribution < -0.4 is 0 Å². The molecule has 0 aliphatic heterocycles. The Morgan fingerprint density at radius 3 is 2.80 bits per heavy atom. The number of hydrogen-bond acceptors (Lipinski definition) is 1. The monoisotopic (exact) mass is 200 g/mol. The molecule has 15 heavy (non-hydrogen) atoms. The third kappa shape index (κ3) is 2.09. The summed E-state index contributed by atoms with van der Waals surface area (Å²) in [6.45, 7) is 8.44. The van der Waals surface area contributed by atoms with Crippen molar-refractivity contribution in [3.63, 3.8) is 0 Å². The van der Waals surface area contributed by atoms with Crippen molar-refractivity contribution >= 4 is 16.6 Å². The lowest BCUT2D eigenvalue weighted by molar-refractivity contribution is 0.672. The highest BCUT2D eigenvalue weighted by Crippen LogP contribution is 2.20. The van der Waals surface area contributed by atoms with Gasteiger partial charge in [0.2, 0.25) is 0 Å². The summed E-state index contributed by atoms with van der Waals surface area (Å²) in [6, 6.07) is 8.06. The first kappa shape index (κ1) is 9.97. The number of fused-ring (bicyclic) bond motifs is 1. The lowest BCUT2D eigenvalue weighted by atomic mass is 10.0. The number of imidazole rings is 1. The molecular formula is C13H16N2. The van der Waals surface area contributed by atoms with E-state index in [0.29, 0.717) is 5.92 Å². The van der Waals surface area contributed by atoms with Crippen molar-refractivity contribution in [2.45, 2.75) is 20.3 Å². The zero-order chi connectivity index (χ0) is 10.8. The van der Waals surface area contributed by atoms with Crippen molar-refractivity contribution in [2.75, 3.05) is 0 Å². The second-order valence-electron chi connectivity index (χ2n) is 4.30. The van der Waals surface area contributed by atoms with Gasteiger partial charge in [-0.3, -0.25) is 0 Å². The summed E-state index contributed by atoms with van der Waals surface area (Å²) in [5, 5.41) is 0. The number of hydrogen-bond donors (Lipinski definition) is 1. The Labute approximate surface area is 90.0 Å². The molecular weight excluding hydrogens is 184 g/mol. The van der Waals surface area contributed by atoms with Crippen LogP contribution in [-0.2, 0) is 0 Å². The van der Waals surface area contributed by atoms with E-state index in [-0.39, 0.29) is 0 Å². The largest absolute Gasteiger partial charge is 0.338 e. The molecule has 2 rings (SSSR count). The van der Waals surface area contributed by atoms with Gasteiger partial charge in [-0.15, -0.1) is 0 Å². The first-order valence-electron chi connectivity index (χ1n) is 5.29. The highest BCUT2D eigenvalue weighted by atomic mass is 14.9. The van der Waals surface area contributed by atoms with E-state index < -0.39 is 0 Å². The van der Waals surface area contributed by atoms with E-state index in [1.807, 2.05) is 24.3 Å². The van der Waals surface area contributed by atoms with E-state index >= 15 is 0 Å². The summed E-state index contributed by atoms with van der Waals surface area (Å²) in [5.74, 6) is 1.54. The van der Waals surface area contributed by atoms with E-state index in [2.05, 4.69) is 30.4 Å². The van der Waals surface area contributed by atoms with Gasteiger partial charge in [0.1, 0.15) is 5.82 Å². The first-order valence-corrected chi connectivity index (χ1v) is 5.29. The average Bonchev–Trinajstić information content (AvgIpc) is 2.59. The molecule has 0 saturated carbocycles. The van der Waals surface area contributed by atoms with Gasteiger partial charge < -0.3 is 4.98 Å². The number of aromatic amines is 1. The first-order chi connectivity index (χ1) is 7.16. The Morgan fingerprint density at radius 1 is 1.40 bits per heavy atom. The molecule has 0 amide bonds. The third-order valence-corrected chi connectivity index (χ3v) is 2.38. The van der Waals surface area contributed by atoms with E-state index in [1.165, 1.54) is 0 Å². The maximum Gasteiger partial charge on any atom is 0.133 e. The molecule has 2 heteroatoms. The number of nitrogens with zero attached hydrogens (tertiary/aromatic N) is 1. The quantitative estimate of drug-likeness (QED) is 0.805. The Balaban J connectivity index is 2.32. The van der Waals surface area contributed by atoms with Crippen molar-refractivity contribution in [2.24, 2.45) is 5.92 Å². The smallest absolute Gasteiger partial charge is 0.133 e. The van der Waals surface area contributed by atoms with Crippen molar-refractivity contribution in [3.8, 4) is 0 Å². The molecule has 78 valence electrons. The fourth-order valence-electron chi connectivity index (χ4n) is 1.71. The summed E-state index contributed by atoms with van der Waals surface area (Å²) in [7, 11) is 0. The molecule has 0 atom stereocenters. The van der Waals surface area contributed by atoms with Gasteiger partial charge in [-0.1, -0.05) is 32.6 Å². The summed E-state index contributed by atoms with van der Waals surface area (Å²) < 4.78 is 0. The fraction of sp³-hybridized carbons (Fsp3) is 0.308. The summed E-state index contributed by atoms with van der Waals surface area (Å²) in [6.07, 6.45) is 0.986. The molecule has 0 aliphatic carbocycles. The maximum absolute atomic E-state index is 4.51. The highest BCUT2D eigenvalue weighted by molar-refractivity contribution is 5.78. The van der Waals surface area contributed by atoms with Gasteiger partial charge in [-0.2, -0.15) is 0 Å². The van der Waals surface area contributed by atoms with Crippen molar-refractivity contribution < 1.29 is 0 Å². The van der Waals surface area contributed by atoms with Gasteiger partial charge in [-0.05, 0) is 30.0 Å². The number of allylic oxidation sites excluding steroid dienone is 1. The van der Waals surface area contributed by atoms with Crippen LogP contribution in [0.4, 0.5) is 0 Å². The number of nitrogens with one attached hydrogen (secondary N) is 1. The molecule has 2 aromatic rings. The maximum atomic E-state index is 4.51. The minimum Gasteiger partial charge on any atom is -0.338 e. The Morgan fingerprint density at radius 2 is 2.13 bits per heavy atom. The molecule has 0 spiro atoms. The van der Waals surface area contributed by atoms with E-state index in [9.17, 15) is 0 Å². The van der Waals surface area contributed by atoms with Gasteiger partial charge in [0.25, 0.3) is 0 Å². The van der Waals surface area contributed by atoms with Crippen LogP contribution in [0.25, 0.3) is 16.6 Å². The van der Waals surface area contributed by atoms with Crippen molar-refractivity contribution in [1.29, 1.82) is 0 Å². The Bertz CT molecular complexity index is 447. The second-order valence-corrected chi connectivity index (χ2v) is 4.30. The van der Waals surface area contributed by atoms with Crippen LogP contribution in [0.1, 0.15) is 26.1 Å². The van der Waals surface area contributed by atoms with E-state index in [4.69, 9.17) is 0 Å². The zero-order valence-electron chi connectivity index (χ0n) is 9.25. The topological polar surface area (TPSA) is 28.7 Å². The fourth-order valence-corrected chi connectivity index (χ4v) is 1.71. The second kappa shape index (κ2) is 3.89. The van der Waals surface area contributed by atoms with E-state index in [1.54, 1.807) is 0 Å². The molecule has 0 aliphatic rings. The molecule has 0 radical (unpaired) electrons. The molecule has 0 bridgehead atoms. The number of benzene rings is 1. The number of para-hydroxylation sites is 2. The lowest BCUT2D eigenvalue weighted by Crippen LogP contribution is -1.92. The molecule has 1 aromatic carbocycles. The number of H-pyrrole nitrogens is 1. The molecule has 0 fully saturated rings. The van der Waals surface area contributed by atoms with Crippen LogP contribution in [0, 0.1) is 5.92 Å². The van der Waals surface area contributed by atoms with Crippen LogP contribution in [0.3, 0.4) is 0 Å². The normalized spacial score (nSPS) is 11.1. The predicted molar refractivity (Wildman–Crippen MR) is 64.6 cm³/mol. The lowest BCUT2D eigenvalue weighted by Gasteiger charge is -2.04. The van der Waals surface area contributed by atoms with Gasteiger partial charge in [-0.25, -0.2) is 4.98 Å². The number of aromatic nitrogens is 2. The minimum atomic E-state index is 0.616. The third-order valence-electron chi connectivity index (χ3n) is 2.38. The molecule has 0 unspecified atom stereocenters. The SMILES string of the molecule is C=C(CC(C)C)c1nc2ccccc2[nH]1. The van der Waals surface area contributed by atoms with Gasteiger partial charge in [0.05, 0.1) is 11.0 Å².